The smallest absolute Gasteiger partial charge is 0.407 e. The molecule has 0 unspecified atom stereocenters. The van der Waals surface area contributed by atoms with Crippen molar-refractivity contribution >= 4 is 6.09 Å². The van der Waals surface area contributed by atoms with Gasteiger partial charge in [-0.2, -0.15) is 0 Å². The van der Waals surface area contributed by atoms with Gasteiger partial charge < -0.3 is 10.1 Å². The Morgan fingerprint density at radius 3 is 2.54 bits per heavy atom. The van der Waals surface area contributed by atoms with E-state index in [1.165, 1.54) is 0 Å². The van der Waals surface area contributed by atoms with Gasteiger partial charge in [-0.3, -0.25) is 0 Å². The first-order chi connectivity index (χ1) is 5.95. The molecular weight excluding hydrogens is 166 g/mol. The highest BCUT2D eigenvalue weighted by molar-refractivity contribution is 5.67. The summed E-state index contributed by atoms with van der Waals surface area (Å²) >= 11 is 0. The Labute approximate surface area is 80.2 Å². The fourth-order valence-corrected chi connectivity index (χ4v) is 0.738. The van der Waals surface area contributed by atoms with Crippen LogP contribution in [0.15, 0.2) is 12.2 Å². The van der Waals surface area contributed by atoms with E-state index in [1.807, 2.05) is 39.8 Å². The molecule has 0 aliphatic carbocycles. The minimum absolute atomic E-state index is 0.350. The molecular formula is C10H19NO2. The van der Waals surface area contributed by atoms with Crippen molar-refractivity contribution in [1.29, 1.82) is 0 Å². The Morgan fingerprint density at radius 1 is 1.46 bits per heavy atom. The maximum absolute atomic E-state index is 11.1. The molecule has 0 heterocycles. The molecule has 13 heavy (non-hydrogen) atoms. The molecule has 1 N–H and O–H groups in total. The second-order valence-corrected chi connectivity index (χ2v) is 3.79. The lowest BCUT2D eigenvalue weighted by atomic mass is 10.2. The first-order valence-corrected chi connectivity index (χ1v) is 4.53. The van der Waals surface area contributed by atoms with Crippen LogP contribution in [0.3, 0.4) is 0 Å². The monoisotopic (exact) mass is 185 g/mol. The van der Waals surface area contributed by atoms with Crippen LogP contribution in [0.25, 0.3) is 0 Å². The quantitative estimate of drug-likeness (QED) is 0.542. The average molecular weight is 185 g/mol. The summed E-state index contributed by atoms with van der Waals surface area (Å²) in [6, 6.07) is 0. The highest BCUT2D eigenvalue weighted by atomic mass is 16.6. The largest absolute Gasteiger partial charge is 0.444 e. The summed E-state index contributed by atoms with van der Waals surface area (Å²) < 4.78 is 5.04. The molecule has 1 amide bonds. The Kier molecular flexibility index (Phi) is 5.19. The maximum atomic E-state index is 11.1. The van der Waals surface area contributed by atoms with Crippen LogP contribution >= 0.6 is 0 Å². The third-order valence-corrected chi connectivity index (χ3v) is 1.21. The van der Waals surface area contributed by atoms with Crippen molar-refractivity contribution in [2.75, 3.05) is 6.54 Å². The number of allylic oxidation sites excluding steroid dienone is 1. The molecule has 0 aromatic heterocycles. The molecule has 76 valence electrons. The first kappa shape index (κ1) is 12.0. The number of hydrogen-bond donors (Lipinski definition) is 1. The van der Waals surface area contributed by atoms with Crippen LogP contribution in [0.4, 0.5) is 4.79 Å². The number of rotatable bonds is 3. The van der Waals surface area contributed by atoms with Crippen LogP contribution in [-0.4, -0.2) is 18.2 Å². The summed E-state index contributed by atoms with van der Waals surface area (Å²) in [7, 11) is 0. The van der Waals surface area contributed by atoms with E-state index in [2.05, 4.69) is 5.32 Å². The standard InChI is InChI=1S/C10H19NO2/c1-5-6-7-8-11-9(12)13-10(2,3)4/h5-6H,7-8H2,1-4H3,(H,11,12)/b6-5+. The number of amides is 1. The van der Waals surface area contributed by atoms with Crippen molar-refractivity contribution < 1.29 is 9.53 Å². The highest BCUT2D eigenvalue weighted by Gasteiger charge is 2.14. The Hall–Kier alpha value is -0.990. The van der Waals surface area contributed by atoms with Crippen LogP contribution in [0.5, 0.6) is 0 Å². The summed E-state index contributed by atoms with van der Waals surface area (Å²) in [6.45, 7) is 8.11. The normalized spacial score (nSPS) is 11.7. The van der Waals surface area contributed by atoms with E-state index in [0.717, 1.165) is 6.42 Å². The van der Waals surface area contributed by atoms with Crippen molar-refractivity contribution in [2.45, 2.75) is 39.7 Å². The van der Waals surface area contributed by atoms with Crippen molar-refractivity contribution in [3.8, 4) is 0 Å². The predicted octanol–water partition coefficient (Wildman–Crippen LogP) is 2.48. The zero-order chi connectivity index (χ0) is 10.3. The van der Waals surface area contributed by atoms with Gasteiger partial charge in [0, 0.05) is 6.54 Å². The molecule has 0 bridgehead atoms. The van der Waals surface area contributed by atoms with Crippen LogP contribution in [0.2, 0.25) is 0 Å². The van der Waals surface area contributed by atoms with Crippen molar-refractivity contribution in [1.82, 2.24) is 5.32 Å². The Morgan fingerprint density at radius 2 is 2.08 bits per heavy atom. The third kappa shape index (κ3) is 8.92. The second-order valence-electron chi connectivity index (χ2n) is 3.79. The van der Waals surface area contributed by atoms with Gasteiger partial charge in [0.25, 0.3) is 0 Å². The zero-order valence-corrected chi connectivity index (χ0v) is 8.89. The first-order valence-electron chi connectivity index (χ1n) is 4.53. The van der Waals surface area contributed by atoms with E-state index >= 15 is 0 Å². The zero-order valence-electron chi connectivity index (χ0n) is 8.89. The second kappa shape index (κ2) is 5.62. The van der Waals surface area contributed by atoms with Crippen molar-refractivity contribution in [3.63, 3.8) is 0 Å². The van der Waals surface area contributed by atoms with Crippen LogP contribution in [0, 0.1) is 0 Å². The van der Waals surface area contributed by atoms with Gasteiger partial charge in [0.15, 0.2) is 0 Å². The van der Waals surface area contributed by atoms with E-state index < -0.39 is 5.60 Å². The molecule has 0 radical (unpaired) electrons. The minimum atomic E-state index is -0.412. The summed E-state index contributed by atoms with van der Waals surface area (Å²) in [5.74, 6) is 0. The molecule has 0 atom stereocenters. The Balaban J connectivity index is 3.52. The molecule has 0 rings (SSSR count). The number of alkyl carbamates (subject to hydrolysis) is 1. The Bertz CT molecular complexity index is 180. The highest BCUT2D eigenvalue weighted by Crippen LogP contribution is 2.06. The van der Waals surface area contributed by atoms with Gasteiger partial charge in [0.2, 0.25) is 0 Å². The van der Waals surface area contributed by atoms with Crippen LogP contribution in [-0.2, 0) is 4.74 Å². The van der Waals surface area contributed by atoms with Crippen molar-refractivity contribution in [3.05, 3.63) is 12.2 Å². The van der Waals surface area contributed by atoms with Gasteiger partial charge >= 0.3 is 6.09 Å². The molecule has 0 saturated carbocycles. The SMILES string of the molecule is C/C=C/CCNC(=O)OC(C)(C)C. The third-order valence-electron chi connectivity index (χ3n) is 1.21. The van der Waals surface area contributed by atoms with Gasteiger partial charge in [0.05, 0.1) is 0 Å². The van der Waals surface area contributed by atoms with Gasteiger partial charge in [-0.15, -0.1) is 0 Å². The predicted molar refractivity (Wildman–Crippen MR) is 53.7 cm³/mol. The fraction of sp³-hybridized carbons (Fsp3) is 0.700. The lowest BCUT2D eigenvalue weighted by Crippen LogP contribution is -2.32. The molecule has 0 aliphatic heterocycles. The molecule has 3 heteroatoms. The molecule has 0 aliphatic rings. The van der Waals surface area contributed by atoms with E-state index in [4.69, 9.17) is 4.74 Å². The fourth-order valence-electron chi connectivity index (χ4n) is 0.738. The number of carbonyl (C=O) groups is 1. The average Bonchev–Trinajstić information content (AvgIpc) is 1.94. The summed E-state index contributed by atoms with van der Waals surface area (Å²) in [4.78, 5) is 11.1. The van der Waals surface area contributed by atoms with E-state index in [1.54, 1.807) is 0 Å². The minimum Gasteiger partial charge on any atom is -0.444 e. The number of carbonyl (C=O) groups excluding carboxylic acids is 1. The lowest BCUT2D eigenvalue weighted by molar-refractivity contribution is 0.0529. The van der Waals surface area contributed by atoms with E-state index in [0.29, 0.717) is 6.54 Å². The topological polar surface area (TPSA) is 38.3 Å². The van der Waals surface area contributed by atoms with Crippen LogP contribution < -0.4 is 5.32 Å². The van der Waals surface area contributed by atoms with Gasteiger partial charge in [0.1, 0.15) is 5.60 Å². The number of ether oxygens (including phenoxy) is 1. The molecule has 0 aromatic carbocycles. The summed E-state index contributed by atoms with van der Waals surface area (Å²) in [5.41, 5.74) is -0.412. The van der Waals surface area contributed by atoms with Gasteiger partial charge in [-0.05, 0) is 34.1 Å². The molecule has 3 nitrogen and oxygen atoms in total. The number of hydrogen-bond acceptors (Lipinski definition) is 2. The maximum Gasteiger partial charge on any atom is 0.407 e. The van der Waals surface area contributed by atoms with Gasteiger partial charge in [-0.1, -0.05) is 12.2 Å². The van der Waals surface area contributed by atoms with Gasteiger partial charge in [-0.25, -0.2) is 4.79 Å². The molecule has 0 fully saturated rings. The lowest BCUT2D eigenvalue weighted by Gasteiger charge is -2.19. The number of nitrogens with one attached hydrogen (secondary N) is 1. The molecule has 0 aromatic rings. The summed E-state index contributed by atoms with van der Waals surface area (Å²) in [5, 5.41) is 2.66. The molecule has 0 spiro atoms. The van der Waals surface area contributed by atoms with E-state index in [-0.39, 0.29) is 6.09 Å². The van der Waals surface area contributed by atoms with E-state index in [9.17, 15) is 4.79 Å². The molecule has 0 saturated heterocycles. The van der Waals surface area contributed by atoms with Crippen molar-refractivity contribution in [2.24, 2.45) is 0 Å². The summed E-state index contributed by atoms with van der Waals surface area (Å²) in [6.07, 6.45) is 4.45. The van der Waals surface area contributed by atoms with Crippen LogP contribution in [0.1, 0.15) is 34.1 Å².